The van der Waals surface area contributed by atoms with Crippen LogP contribution in [0.3, 0.4) is 0 Å². The van der Waals surface area contributed by atoms with E-state index in [0.29, 0.717) is 12.6 Å². The monoisotopic (exact) mass is 576 g/mol. The van der Waals surface area contributed by atoms with Crippen molar-refractivity contribution < 1.29 is 4.79 Å². The average Bonchev–Trinajstić information content (AvgIpc) is 3.44. The molecule has 6 heteroatoms. The molecule has 41 heavy (non-hydrogen) atoms. The third-order valence-electron chi connectivity index (χ3n) is 8.52. The number of carbonyl (C=O) groups excluding carboxylic acids is 1. The fraction of sp³-hybridized carbons (Fsp3) is 0.914. The van der Waals surface area contributed by atoms with Gasteiger partial charge in [0, 0.05) is 18.5 Å². The van der Waals surface area contributed by atoms with E-state index in [2.05, 4.69) is 48.6 Å². The Morgan fingerprint density at radius 3 is 1.71 bits per heavy atom. The van der Waals surface area contributed by atoms with E-state index in [0.717, 1.165) is 50.9 Å². The fourth-order valence-electron chi connectivity index (χ4n) is 5.78. The Hall–Kier alpha value is -1.43. The number of carbonyl (C=O) groups is 1. The van der Waals surface area contributed by atoms with Gasteiger partial charge in [-0.25, -0.2) is 0 Å². The molecule has 1 aromatic heterocycles. The molecular weight excluding hydrogens is 506 g/mol. The lowest BCUT2D eigenvalue weighted by molar-refractivity contribution is -0.125. The maximum atomic E-state index is 13.0. The smallest absolute Gasteiger partial charge is 0.223 e. The number of hydrogen-bond acceptors (Lipinski definition) is 4. The summed E-state index contributed by atoms with van der Waals surface area (Å²) in [4.78, 5) is 13.0. The summed E-state index contributed by atoms with van der Waals surface area (Å²) in [7, 11) is 0. The lowest BCUT2D eigenvalue weighted by Crippen LogP contribution is -2.30. The van der Waals surface area contributed by atoms with Gasteiger partial charge in [0.05, 0.1) is 12.7 Å². The second-order valence-electron chi connectivity index (χ2n) is 12.5. The van der Waals surface area contributed by atoms with Crippen LogP contribution in [-0.4, -0.2) is 33.5 Å². The quantitative estimate of drug-likeness (QED) is 0.0896. The van der Waals surface area contributed by atoms with Crippen molar-refractivity contribution in [1.29, 1.82) is 0 Å². The maximum absolute atomic E-state index is 13.0. The van der Waals surface area contributed by atoms with Crippen LogP contribution in [0, 0.1) is 5.92 Å². The molecule has 1 aromatic rings. The SMILES string of the molecule is CCCCCCCC(CCCCCCC)NCCCn1cc(CNC(=O)C(CCCCCC)CCCCCC)nn1. The molecule has 0 aliphatic heterocycles. The molecule has 0 saturated heterocycles. The molecule has 0 fully saturated rings. The third kappa shape index (κ3) is 21.0. The van der Waals surface area contributed by atoms with Gasteiger partial charge in [0.1, 0.15) is 5.69 Å². The third-order valence-corrected chi connectivity index (χ3v) is 8.52. The average molecular weight is 576 g/mol. The summed E-state index contributed by atoms with van der Waals surface area (Å²) in [5, 5.41) is 15.7. The van der Waals surface area contributed by atoms with Crippen molar-refractivity contribution in [1.82, 2.24) is 25.6 Å². The van der Waals surface area contributed by atoms with Crippen LogP contribution in [-0.2, 0) is 17.9 Å². The van der Waals surface area contributed by atoms with Gasteiger partial charge in [0.25, 0.3) is 0 Å². The summed E-state index contributed by atoms with van der Waals surface area (Å²) < 4.78 is 1.95. The van der Waals surface area contributed by atoms with Crippen molar-refractivity contribution in [2.75, 3.05) is 6.54 Å². The zero-order valence-corrected chi connectivity index (χ0v) is 27.9. The molecular formula is C35H69N5O. The number of nitrogens with zero attached hydrogens (tertiary/aromatic N) is 3. The zero-order valence-electron chi connectivity index (χ0n) is 27.9. The van der Waals surface area contributed by atoms with Crippen molar-refractivity contribution in [3.63, 3.8) is 0 Å². The molecule has 2 N–H and O–H groups in total. The Morgan fingerprint density at radius 2 is 1.17 bits per heavy atom. The molecule has 0 atom stereocenters. The van der Waals surface area contributed by atoms with E-state index in [1.807, 2.05) is 10.9 Å². The van der Waals surface area contributed by atoms with E-state index in [-0.39, 0.29) is 11.8 Å². The molecule has 0 saturated carbocycles. The Bertz CT molecular complexity index is 680. The standard InChI is InChI=1S/C35H69N5O/c1-5-9-13-17-21-26-33(27-22-18-14-10-6-2)36-28-23-29-40-31-34(38-39-40)30-37-35(41)32(24-19-15-11-7-3)25-20-16-12-8-4/h31-33,36H,5-30H2,1-4H3,(H,37,41). The predicted octanol–water partition coefficient (Wildman–Crippen LogP) is 9.52. The lowest BCUT2D eigenvalue weighted by atomic mass is 9.93. The summed E-state index contributed by atoms with van der Waals surface area (Å²) in [6, 6.07) is 0.650. The minimum atomic E-state index is 0.135. The Labute approximate surface area is 255 Å². The first kappa shape index (κ1) is 37.6. The van der Waals surface area contributed by atoms with Gasteiger partial charge in [-0.15, -0.1) is 5.10 Å². The van der Waals surface area contributed by atoms with Crippen molar-refractivity contribution in [3.05, 3.63) is 11.9 Å². The molecule has 0 aliphatic rings. The molecule has 0 spiro atoms. The normalized spacial score (nSPS) is 11.7. The van der Waals surface area contributed by atoms with Crippen LogP contribution < -0.4 is 10.6 Å². The summed E-state index contributed by atoms with van der Waals surface area (Å²) in [5.41, 5.74) is 0.860. The van der Waals surface area contributed by atoms with Crippen LogP contribution in [0.5, 0.6) is 0 Å². The van der Waals surface area contributed by atoms with E-state index in [1.54, 1.807) is 0 Å². The van der Waals surface area contributed by atoms with Crippen LogP contribution in [0.1, 0.15) is 181 Å². The van der Waals surface area contributed by atoms with E-state index < -0.39 is 0 Å². The van der Waals surface area contributed by atoms with E-state index in [4.69, 9.17) is 0 Å². The Kier molecular flexibility index (Phi) is 25.1. The van der Waals surface area contributed by atoms with Gasteiger partial charge in [0.15, 0.2) is 0 Å². The minimum absolute atomic E-state index is 0.135. The second-order valence-corrected chi connectivity index (χ2v) is 12.5. The molecule has 6 nitrogen and oxygen atoms in total. The molecule has 0 radical (unpaired) electrons. The summed E-state index contributed by atoms with van der Waals surface area (Å²) in [6.07, 6.45) is 31.1. The van der Waals surface area contributed by atoms with E-state index in [9.17, 15) is 4.79 Å². The number of amides is 1. The molecule has 0 unspecified atom stereocenters. The number of rotatable bonds is 30. The van der Waals surface area contributed by atoms with E-state index in [1.165, 1.54) is 116 Å². The minimum Gasteiger partial charge on any atom is -0.350 e. The van der Waals surface area contributed by atoms with Crippen molar-refractivity contribution in [2.45, 2.75) is 195 Å². The highest BCUT2D eigenvalue weighted by molar-refractivity contribution is 5.78. The number of hydrogen-bond donors (Lipinski definition) is 2. The highest BCUT2D eigenvalue weighted by Crippen LogP contribution is 2.19. The highest BCUT2D eigenvalue weighted by atomic mass is 16.1. The van der Waals surface area contributed by atoms with Crippen molar-refractivity contribution in [2.24, 2.45) is 5.92 Å². The van der Waals surface area contributed by atoms with Crippen molar-refractivity contribution >= 4 is 5.91 Å². The van der Waals surface area contributed by atoms with Crippen molar-refractivity contribution in [3.8, 4) is 0 Å². The molecule has 0 aromatic carbocycles. The fourth-order valence-corrected chi connectivity index (χ4v) is 5.78. The number of aryl methyl sites for hydroxylation is 1. The first-order valence-electron chi connectivity index (χ1n) is 18.0. The van der Waals surface area contributed by atoms with Gasteiger partial charge < -0.3 is 10.6 Å². The number of aromatic nitrogens is 3. The maximum Gasteiger partial charge on any atom is 0.223 e. The second kappa shape index (κ2) is 27.4. The molecule has 0 aliphatic carbocycles. The van der Waals surface area contributed by atoms with Crippen LogP contribution in [0.4, 0.5) is 0 Å². The Morgan fingerprint density at radius 1 is 0.683 bits per heavy atom. The van der Waals surface area contributed by atoms with Crippen LogP contribution >= 0.6 is 0 Å². The molecule has 1 heterocycles. The van der Waals surface area contributed by atoms with E-state index >= 15 is 0 Å². The summed E-state index contributed by atoms with van der Waals surface area (Å²) in [5.74, 6) is 0.336. The molecule has 1 rings (SSSR count). The zero-order chi connectivity index (χ0) is 29.8. The topological polar surface area (TPSA) is 71.8 Å². The van der Waals surface area contributed by atoms with Gasteiger partial charge in [0.2, 0.25) is 5.91 Å². The van der Waals surface area contributed by atoms with Crippen LogP contribution in [0.25, 0.3) is 0 Å². The van der Waals surface area contributed by atoms with Gasteiger partial charge in [-0.05, 0) is 38.6 Å². The largest absolute Gasteiger partial charge is 0.350 e. The summed E-state index contributed by atoms with van der Waals surface area (Å²) in [6.45, 7) is 11.4. The van der Waals surface area contributed by atoms with Gasteiger partial charge in [-0.3, -0.25) is 9.48 Å². The number of nitrogens with one attached hydrogen (secondary N) is 2. The van der Waals surface area contributed by atoms with Crippen LogP contribution in [0.15, 0.2) is 6.20 Å². The summed E-state index contributed by atoms with van der Waals surface area (Å²) >= 11 is 0. The predicted molar refractivity (Wildman–Crippen MR) is 176 cm³/mol. The van der Waals surface area contributed by atoms with Crippen LogP contribution in [0.2, 0.25) is 0 Å². The van der Waals surface area contributed by atoms with Gasteiger partial charge in [-0.2, -0.15) is 0 Å². The van der Waals surface area contributed by atoms with Gasteiger partial charge >= 0.3 is 0 Å². The molecule has 1 amide bonds. The molecule has 240 valence electrons. The Balaban J connectivity index is 2.40. The molecule has 0 bridgehead atoms. The van der Waals surface area contributed by atoms with Gasteiger partial charge in [-0.1, -0.05) is 148 Å². The number of unbranched alkanes of at least 4 members (excludes halogenated alkanes) is 14. The highest BCUT2D eigenvalue weighted by Gasteiger charge is 2.18. The first-order chi connectivity index (χ1) is 20.1. The first-order valence-corrected chi connectivity index (χ1v) is 18.0. The lowest BCUT2D eigenvalue weighted by Gasteiger charge is -2.19.